The van der Waals surface area contributed by atoms with Gasteiger partial charge in [0.2, 0.25) is 0 Å². The molecule has 4 nitrogen and oxygen atoms in total. The Labute approximate surface area is 143 Å². The van der Waals surface area contributed by atoms with Crippen molar-refractivity contribution in [2.24, 2.45) is 0 Å². The van der Waals surface area contributed by atoms with Gasteiger partial charge in [-0.15, -0.1) is 0 Å². The van der Waals surface area contributed by atoms with Crippen molar-refractivity contribution in [2.75, 3.05) is 39.9 Å². The average Bonchev–Trinajstić information content (AvgIpc) is 2.91. The minimum atomic E-state index is 1.07. The maximum atomic E-state index is 3.90. The average molecular weight is 323 g/mol. The molecule has 0 fully saturated rings. The lowest BCUT2D eigenvalue weighted by Gasteiger charge is -2.28. The van der Waals surface area contributed by atoms with E-state index in [9.17, 15) is 0 Å². The molecule has 1 atom stereocenters. The van der Waals surface area contributed by atoms with Gasteiger partial charge in [-0.3, -0.25) is 4.48 Å². The molecule has 1 rings (SSSR count). The smallest absolute Gasteiger partial charge is 0.158 e. The van der Waals surface area contributed by atoms with Gasteiger partial charge in [-0.2, -0.15) is 0 Å². The normalized spacial score (nSPS) is 20.6. The highest BCUT2D eigenvalue weighted by atomic mass is 15.5. The molecule has 2 N–H and O–H groups in total. The Bertz CT molecular complexity index is 378. The summed E-state index contributed by atoms with van der Waals surface area (Å²) in [5.74, 6) is 0. The fourth-order valence-electron chi connectivity index (χ4n) is 2.95. The van der Waals surface area contributed by atoms with E-state index >= 15 is 0 Å². The van der Waals surface area contributed by atoms with E-state index in [2.05, 4.69) is 67.4 Å². The minimum Gasteiger partial charge on any atom is -0.350 e. The zero-order valence-electron chi connectivity index (χ0n) is 15.6. The van der Waals surface area contributed by atoms with Crippen LogP contribution in [0.5, 0.6) is 0 Å². The minimum absolute atomic E-state index is 1.07. The van der Waals surface area contributed by atoms with Gasteiger partial charge >= 0.3 is 0 Å². The lowest BCUT2D eigenvalue weighted by Crippen LogP contribution is -2.78. The van der Waals surface area contributed by atoms with Gasteiger partial charge in [0.1, 0.15) is 12.4 Å². The zero-order chi connectivity index (χ0) is 17.0. The number of unbranched alkanes of at least 4 members (excludes halogenated alkanes) is 2. The molecule has 23 heavy (non-hydrogen) atoms. The van der Waals surface area contributed by atoms with Crippen molar-refractivity contribution in [3.05, 3.63) is 37.6 Å². The fraction of sp³-hybridized carbons (Fsp3) is 0.684. The summed E-state index contributed by atoms with van der Waals surface area (Å²) >= 11 is 0. The van der Waals surface area contributed by atoms with Crippen LogP contribution in [0.1, 0.15) is 46.0 Å². The quantitative estimate of drug-likeness (QED) is 0.416. The molecule has 0 spiro atoms. The molecule has 1 aliphatic rings. The lowest BCUT2D eigenvalue weighted by atomic mass is 10.2. The second-order valence-electron chi connectivity index (χ2n) is 6.80. The third-order valence-electron chi connectivity index (χ3n) is 4.34. The van der Waals surface area contributed by atoms with Gasteiger partial charge in [-0.05, 0) is 38.3 Å². The van der Waals surface area contributed by atoms with Crippen molar-refractivity contribution in [1.82, 2.24) is 9.80 Å². The first kappa shape index (κ1) is 19.8. The van der Waals surface area contributed by atoms with Crippen LogP contribution in [0.15, 0.2) is 37.6 Å². The summed E-state index contributed by atoms with van der Waals surface area (Å²) in [7, 11) is 2.34. The largest absolute Gasteiger partial charge is 0.350 e. The maximum absolute atomic E-state index is 3.90. The molecule has 1 aliphatic heterocycles. The SMILES string of the molecule is C=CN(/C=C\[NH2+]CCC)CCCCC[N+]1(C)C=CN(CCC)C1. The Balaban J connectivity index is 2.13. The highest BCUT2D eigenvalue weighted by Crippen LogP contribution is 2.17. The zero-order valence-corrected chi connectivity index (χ0v) is 15.6. The van der Waals surface area contributed by atoms with Crippen LogP contribution in [-0.2, 0) is 0 Å². The van der Waals surface area contributed by atoms with Gasteiger partial charge in [0.25, 0.3) is 0 Å². The van der Waals surface area contributed by atoms with Crippen molar-refractivity contribution < 1.29 is 9.80 Å². The second-order valence-corrected chi connectivity index (χ2v) is 6.80. The summed E-state index contributed by atoms with van der Waals surface area (Å²) < 4.78 is 1.07. The number of hydrogen-bond acceptors (Lipinski definition) is 2. The van der Waals surface area contributed by atoms with E-state index in [1.165, 1.54) is 45.2 Å². The molecular weight excluding hydrogens is 284 g/mol. The molecule has 0 amide bonds. The van der Waals surface area contributed by atoms with Crippen molar-refractivity contribution >= 4 is 0 Å². The predicted octanol–water partition coefficient (Wildman–Crippen LogP) is 2.65. The molecule has 0 aromatic heterocycles. The fourth-order valence-corrected chi connectivity index (χ4v) is 2.95. The number of hydrogen-bond donors (Lipinski definition) is 1. The summed E-state index contributed by atoms with van der Waals surface area (Å²) in [6.45, 7) is 14.1. The Hall–Kier alpha value is -1.26. The molecule has 1 heterocycles. The molecular formula is C19H38N4+2. The van der Waals surface area contributed by atoms with E-state index < -0.39 is 0 Å². The molecule has 0 aliphatic carbocycles. The summed E-state index contributed by atoms with van der Waals surface area (Å²) in [5.41, 5.74) is 0. The van der Waals surface area contributed by atoms with Crippen LogP contribution in [0.3, 0.4) is 0 Å². The second kappa shape index (κ2) is 11.3. The molecule has 0 aromatic carbocycles. The van der Waals surface area contributed by atoms with Gasteiger partial charge in [-0.1, -0.05) is 20.4 Å². The summed E-state index contributed by atoms with van der Waals surface area (Å²) in [6.07, 6.45) is 17.1. The molecule has 4 heteroatoms. The van der Waals surface area contributed by atoms with Gasteiger partial charge in [0, 0.05) is 13.1 Å². The number of nitrogens with two attached hydrogens (primary N) is 1. The van der Waals surface area contributed by atoms with Crippen molar-refractivity contribution in [3.8, 4) is 0 Å². The predicted molar refractivity (Wildman–Crippen MR) is 99.0 cm³/mol. The molecule has 0 saturated heterocycles. The Morgan fingerprint density at radius 3 is 2.78 bits per heavy atom. The monoisotopic (exact) mass is 322 g/mol. The topological polar surface area (TPSA) is 23.1 Å². The standard InChI is InChI=1S/C19H37N4/c1-5-11-20-12-15-21(7-3)14-9-8-10-17-23(4)18-16-22(19-23)13-6-2/h7,12,15-16,18,20H,3,5-6,8-11,13-14,17,19H2,1-2,4H3/q+1/p+1/b15-12-. The van der Waals surface area contributed by atoms with Crippen LogP contribution in [0.25, 0.3) is 0 Å². The van der Waals surface area contributed by atoms with Crippen LogP contribution in [-0.4, -0.2) is 54.2 Å². The molecule has 132 valence electrons. The molecule has 0 saturated carbocycles. The van der Waals surface area contributed by atoms with Gasteiger partial charge in [-0.25, -0.2) is 0 Å². The van der Waals surface area contributed by atoms with Crippen molar-refractivity contribution in [1.29, 1.82) is 0 Å². The first-order valence-electron chi connectivity index (χ1n) is 9.29. The maximum Gasteiger partial charge on any atom is 0.158 e. The van der Waals surface area contributed by atoms with Gasteiger partial charge in [0.15, 0.2) is 6.67 Å². The summed E-state index contributed by atoms with van der Waals surface area (Å²) in [6, 6.07) is 0. The van der Waals surface area contributed by atoms with E-state index in [-0.39, 0.29) is 0 Å². The van der Waals surface area contributed by atoms with E-state index in [1.54, 1.807) is 0 Å². The summed E-state index contributed by atoms with van der Waals surface area (Å²) in [4.78, 5) is 4.64. The van der Waals surface area contributed by atoms with Crippen LogP contribution in [0.2, 0.25) is 0 Å². The number of quaternary nitrogens is 2. The Kier molecular flexibility index (Phi) is 9.72. The van der Waals surface area contributed by atoms with E-state index in [0.717, 1.165) is 24.2 Å². The third-order valence-corrected chi connectivity index (χ3v) is 4.34. The highest BCUT2D eigenvalue weighted by Gasteiger charge is 2.25. The first-order valence-corrected chi connectivity index (χ1v) is 9.29. The molecule has 0 aromatic rings. The van der Waals surface area contributed by atoms with Gasteiger partial charge < -0.3 is 15.1 Å². The molecule has 0 bridgehead atoms. The van der Waals surface area contributed by atoms with Crippen LogP contribution >= 0.6 is 0 Å². The van der Waals surface area contributed by atoms with Crippen LogP contribution in [0, 0.1) is 0 Å². The third kappa shape index (κ3) is 8.24. The van der Waals surface area contributed by atoms with Crippen LogP contribution < -0.4 is 5.32 Å². The van der Waals surface area contributed by atoms with E-state index in [4.69, 9.17) is 0 Å². The Morgan fingerprint density at radius 1 is 1.26 bits per heavy atom. The van der Waals surface area contributed by atoms with Gasteiger partial charge in [0.05, 0.1) is 32.5 Å². The van der Waals surface area contributed by atoms with Crippen LogP contribution in [0.4, 0.5) is 0 Å². The molecule has 0 radical (unpaired) electrons. The number of nitrogens with zero attached hydrogens (tertiary/aromatic N) is 3. The number of rotatable bonds is 13. The Morgan fingerprint density at radius 2 is 2.09 bits per heavy atom. The lowest BCUT2D eigenvalue weighted by molar-refractivity contribution is -0.861. The summed E-state index contributed by atoms with van der Waals surface area (Å²) in [5, 5.41) is 2.23. The van der Waals surface area contributed by atoms with E-state index in [1.807, 2.05) is 6.20 Å². The molecule has 1 unspecified atom stereocenters. The van der Waals surface area contributed by atoms with Crippen molar-refractivity contribution in [3.63, 3.8) is 0 Å². The van der Waals surface area contributed by atoms with Crippen molar-refractivity contribution in [2.45, 2.75) is 46.0 Å². The highest BCUT2D eigenvalue weighted by molar-refractivity contribution is 4.83. The first-order chi connectivity index (χ1) is 11.1. The van der Waals surface area contributed by atoms with E-state index in [0.29, 0.717) is 0 Å².